The van der Waals surface area contributed by atoms with Crippen molar-refractivity contribution in [3.63, 3.8) is 0 Å². The highest BCUT2D eigenvalue weighted by Gasteiger charge is 2.40. The van der Waals surface area contributed by atoms with Crippen LogP contribution in [0.3, 0.4) is 0 Å². The molecule has 1 aromatic carbocycles. The molecular weight excluding hydrogens is 490 g/mol. The van der Waals surface area contributed by atoms with Gasteiger partial charge >= 0.3 is 5.97 Å². The van der Waals surface area contributed by atoms with Crippen LogP contribution in [0.5, 0.6) is 5.88 Å². The second kappa shape index (κ2) is 11.4. The van der Waals surface area contributed by atoms with Gasteiger partial charge in [0.2, 0.25) is 11.8 Å². The number of methoxy groups -OCH3 is 1. The van der Waals surface area contributed by atoms with Crippen LogP contribution in [0.1, 0.15) is 38.5 Å². The van der Waals surface area contributed by atoms with E-state index in [2.05, 4.69) is 4.98 Å². The van der Waals surface area contributed by atoms with E-state index in [4.69, 9.17) is 14.5 Å². The number of carboxylic acid groups (broad SMARTS) is 1. The molecule has 2 aromatic heterocycles. The molecule has 0 radical (unpaired) electrons. The SMILES string of the molecule is COc1ccc(-c2ccccc2-c2csc(N(C(=O)[C@@H](CC(=O)O)CC3CCOCC3)C3CC3)n2)cn1. The van der Waals surface area contributed by atoms with E-state index in [-0.39, 0.29) is 18.4 Å². The fourth-order valence-corrected chi connectivity index (χ4v) is 5.84. The topological polar surface area (TPSA) is 102 Å². The van der Waals surface area contributed by atoms with Crippen LogP contribution in [0.4, 0.5) is 5.13 Å². The Labute approximate surface area is 220 Å². The summed E-state index contributed by atoms with van der Waals surface area (Å²) in [7, 11) is 1.59. The molecule has 0 bridgehead atoms. The van der Waals surface area contributed by atoms with Crippen LogP contribution in [0.25, 0.3) is 22.4 Å². The Kier molecular flexibility index (Phi) is 7.81. The first-order valence-corrected chi connectivity index (χ1v) is 13.6. The van der Waals surface area contributed by atoms with Gasteiger partial charge in [-0.3, -0.25) is 14.5 Å². The Morgan fingerprint density at radius 1 is 1.14 bits per heavy atom. The lowest BCUT2D eigenvalue weighted by molar-refractivity contribution is -0.141. The van der Waals surface area contributed by atoms with E-state index < -0.39 is 11.9 Å². The number of anilines is 1. The number of rotatable bonds is 10. The van der Waals surface area contributed by atoms with Gasteiger partial charge in [-0.25, -0.2) is 9.97 Å². The highest BCUT2D eigenvalue weighted by molar-refractivity contribution is 7.14. The lowest BCUT2D eigenvalue weighted by atomic mass is 9.86. The number of carboxylic acids is 1. The molecule has 8 nitrogen and oxygen atoms in total. The number of amides is 1. The second-order valence-corrected chi connectivity index (χ2v) is 10.5. The number of nitrogens with zero attached hydrogens (tertiary/aromatic N) is 3. The van der Waals surface area contributed by atoms with Gasteiger partial charge in [-0.1, -0.05) is 24.3 Å². The highest BCUT2D eigenvalue weighted by atomic mass is 32.1. The molecular formula is C28H31N3O5S. The maximum atomic E-state index is 13.8. The molecule has 1 saturated carbocycles. The minimum atomic E-state index is -0.942. The minimum Gasteiger partial charge on any atom is -0.481 e. The molecule has 3 aromatic rings. The van der Waals surface area contributed by atoms with Gasteiger partial charge < -0.3 is 14.6 Å². The van der Waals surface area contributed by atoms with E-state index in [1.807, 2.05) is 41.8 Å². The average molecular weight is 522 g/mol. The zero-order chi connectivity index (χ0) is 25.8. The largest absolute Gasteiger partial charge is 0.481 e. The average Bonchev–Trinajstić information content (AvgIpc) is 3.64. The third-order valence-corrected chi connectivity index (χ3v) is 7.88. The summed E-state index contributed by atoms with van der Waals surface area (Å²) in [5.41, 5.74) is 3.66. The number of benzene rings is 1. The molecule has 0 unspecified atom stereocenters. The summed E-state index contributed by atoms with van der Waals surface area (Å²) < 4.78 is 10.6. The normalized spacial score (nSPS) is 16.8. The summed E-state index contributed by atoms with van der Waals surface area (Å²) in [5, 5.41) is 12.2. The van der Waals surface area contributed by atoms with Crippen LogP contribution in [0.2, 0.25) is 0 Å². The highest BCUT2D eigenvalue weighted by Crippen LogP contribution is 2.40. The number of carbonyl (C=O) groups is 2. The van der Waals surface area contributed by atoms with E-state index in [9.17, 15) is 14.7 Å². The summed E-state index contributed by atoms with van der Waals surface area (Å²) in [6.07, 6.45) is 5.74. The fraction of sp³-hybridized carbons (Fsp3) is 0.429. The molecule has 1 aliphatic heterocycles. The molecule has 0 spiro atoms. The van der Waals surface area contributed by atoms with Crippen molar-refractivity contribution >= 4 is 28.3 Å². The standard InChI is InChI=1S/C28H31N3O5S/c1-35-25-9-6-19(16-29-25)22-4-2-3-5-23(22)24-17-37-28(30-24)31(21-7-8-21)27(34)20(15-26(32)33)14-18-10-12-36-13-11-18/h2-6,9,16-18,20-21H,7-8,10-15H2,1H3,(H,32,33)/t20-/m1/s1. The van der Waals surface area contributed by atoms with Gasteiger partial charge in [-0.15, -0.1) is 11.3 Å². The Hall–Kier alpha value is -3.30. The number of pyridine rings is 1. The number of aromatic nitrogens is 2. The van der Waals surface area contributed by atoms with Gasteiger partial charge in [0.1, 0.15) is 0 Å². The monoisotopic (exact) mass is 521 g/mol. The van der Waals surface area contributed by atoms with Crippen LogP contribution >= 0.6 is 11.3 Å². The lowest BCUT2D eigenvalue weighted by Crippen LogP contribution is -2.40. The summed E-state index contributed by atoms with van der Waals surface area (Å²) in [5.74, 6) is -0.772. The first-order valence-electron chi connectivity index (χ1n) is 12.7. The number of aliphatic carboxylic acids is 1. The molecule has 2 aliphatic rings. The van der Waals surface area contributed by atoms with E-state index >= 15 is 0 Å². The molecule has 9 heteroatoms. The van der Waals surface area contributed by atoms with Crippen LogP contribution < -0.4 is 9.64 Å². The van der Waals surface area contributed by atoms with Crippen molar-refractivity contribution < 1.29 is 24.2 Å². The van der Waals surface area contributed by atoms with E-state index in [0.717, 1.165) is 48.1 Å². The van der Waals surface area contributed by atoms with Gasteiger partial charge in [0, 0.05) is 53.9 Å². The number of ether oxygens (including phenoxy) is 2. The fourth-order valence-electron chi connectivity index (χ4n) is 4.94. The van der Waals surface area contributed by atoms with Crippen LogP contribution in [0, 0.1) is 11.8 Å². The molecule has 2 fully saturated rings. The Morgan fingerprint density at radius 2 is 1.89 bits per heavy atom. The zero-order valence-electron chi connectivity index (χ0n) is 20.8. The van der Waals surface area contributed by atoms with Crippen molar-refractivity contribution in [3.8, 4) is 28.3 Å². The van der Waals surface area contributed by atoms with Gasteiger partial charge in [-0.2, -0.15) is 0 Å². The van der Waals surface area contributed by atoms with Crippen molar-refractivity contribution in [1.29, 1.82) is 0 Å². The molecule has 5 rings (SSSR count). The Balaban J connectivity index is 1.42. The van der Waals surface area contributed by atoms with Gasteiger partial charge in [0.25, 0.3) is 0 Å². The van der Waals surface area contributed by atoms with Gasteiger partial charge in [0.05, 0.1) is 19.2 Å². The van der Waals surface area contributed by atoms with Gasteiger partial charge in [0.15, 0.2) is 5.13 Å². The maximum absolute atomic E-state index is 13.8. The summed E-state index contributed by atoms with van der Waals surface area (Å²) in [4.78, 5) is 36.5. The van der Waals surface area contributed by atoms with Crippen molar-refractivity contribution in [2.24, 2.45) is 11.8 Å². The molecule has 1 atom stereocenters. The summed E-state index contributed by atoms with van der Waals surface area (Å²) in [6.45, 7) is 1.34. The molecule has 1 amide bonds. The predicted molar refractivity (Wildman–Crippen MR) is 142 cm³/mol. The Bertz CT molecular complexity index is 1230. The maximum Gasteiger partial charge on any atom is 0.304 e. The van der Waals surface area contributed by atoms with E-state index in [1.165, 1.54) is 11.3 Å². The first kappa shape index (κ1) is 25.4. The first-order chi connectivity index (χ1) is 18.0. The van der Waals surface area contributed by atoms with Gasteiger partial charge in [-0.05, 0) is 49.7 Å². The smallest absolute Gasteiger partial charge is 0.304 e. The summed E-state index contributed by atoms with van der Waals surface area (Å²) in [6, 6.07) is 11.9. The zero-order valence-corrected chi connectivity index (χ0v) is 21.7. The number of thiazole rings is 1. The van der Waals surface area contributed by atoms with Crippen LogP contribution in [0.15, 0.2) is 48.0 Å². The lowest BCUT2D eigenvalue weighted by Gasteiger charge is -2.29. The van der Waals surface area contributed by atoms with Crippen molar-refractivity contribution in [1.82, 2.24) is 9.97 Å². The third kappa shape index (κ3) is 5.99. The molecule has 1 N–H and O–H groups in total. The third-order valence-electron chi connectivity index (χ3n) is 7.04. The quantitative estimate of drug-likeness (QED) is 0.387. The van der Waals surface area contributed by atoms with Crippen LogP contribution in [-0.2, 0) is 14.3 Å². The molecule has 3 heterocycles. The van der Waals surface area contributed by atoms with Crippen molar-refractivity contribution in [3.05, 3.63) is 48.0 Å². The molecule has 194 valence electrons. The molecule has 1 saturated heterocycles. The Morgan fingerprint density at radius 3 is 2.54 bits per heavy atom. The van der Waals surface area contributed by atoms with Crippen molar-refractivity contribution in [2.45, 2.75) is 44.6 Å². The number of hydrogen-bond acceptors (Lipinski definition) is 7. The summed E-state index contributed by atoms with van der Waals surface area (Å²) >= 11 is 1.43. The van der Waals surface area contributed by atoms with E-state index in [1.54, 1.807) is 18.2 Å². The predicted octanol–water partition coefficient (Wildman–Crippen LogP) is 5.28. The number of carbonyl (C=O) groups excluding carboxylic acids is 1. The molecule has 37 heavy (non-hydrogen) atoms. The molecule has 1 aliphatic carbocycles. The number of hydrogen-bond donors (Lipinski definition) is 1. The van der Waals surface area contributed by atoms with Crippen LogP contribution in [-0.4, -0.2) is 53.3 Å². The van der Waals surface area contributed by atoms with Crippen molar-refractivity contribution in [2.75, 3.05) is 25.2 Å². The second-order valence-electron chi connectivity index (χ2n) is 9.68. The minimum absolute atomic E-state index is 0.0820. The van der Waals surface area contributed by atoms with E-state index in [0.29, 0.717) is 36.6 Å².